The normalized spacial score (nSPS) is 22.4. The standard InChI is InChI=1S/C26H16F3N3OS/c27-26(28,29)19-9-4-3-8-18(19)21-22(23(33)20-10-5-13-34-20)32-12-11-16-6-1-2-7-17(16)24(32)25(21,14-30)15-31/h1-13,21-22,24H/t21-,22-,24+/m1/s1. The van der Waals surface area contributed by atoms with Crippen molar-refractivity contribution in [2.45, 2.75) is 24.2 Å². The highest BCUT2D eigenvalue weighted by Crippen LogP contribution is 2.61. The van der Waals surface area contributed by atoms with Gasteiger partial charge in [0.15, 0.2) is 11.2 Å². The van der Waals surface area contributed by atoms with E-state index in [1.54, 1.807) is 52.9 Å². The van der Waals surface area contributed by atoms with E-state index in [0.29, 0.717) is 10.4 Å². The molecule has 0 saturated carbocycles. The fraction of sp³-hybridized carbons (Fsp3) is 0.192. The number of fused-ring (bicyclic) bond motifs is 3. The van der Waals surface area contributed by atoms with Crippen LogP contribution in [-0.2, 0) is 6.18 Å². The van der Waals surface area contributed by atoms with Crippen molar-refractivity contribution in [3.8, 4) is 12.1 Å². The first-order valence-corrected chi connectivity index (χ1v) is 11.3. The molecule has 34 heavy (non-hydrogen) atoms. The Morgan fingerprint density at radius 1 is 0.971 bits per heavy atom. The van der Waals surface area contributed by atoms with Gasteiger partial charge in [0.05, 0.1) is 28.6 Å². The van der Waals surface area contributed by atoms with E-state index in [4.69, 9.17) is 0 Å². The summed E-state index contributed by atoms with van der Waals surface area (Å²) in [5.41, 5.74) is -1.74. The zero-order chi connectivity index (χ0) is 24.1. The van der Waals surface area contributed by atoms with Crippen LogP contribution in [-0.4, -0.2) is 16.7 Å². The van der Waals surface area contributed by atoms with Crippen molar-refractivity contribution in [1.29, 1.82) is 10.5 Å². The third kappa shape index (κ3) is 3.07. The molecule has 168 valence electrons. The zero-order valence-electron chi connectivity index (χ0n) is 17.5. The van der Waals surface area contributed by atoms with Crippen LogP contribution < -0.4 is 0 Å². The van der Waals surface area contributed by atoms with Gasteiger partial charge in [0, 0.05) is 12.1 Å². The Kier molecular flexibility index (Phi) is 5.07. The third-order valence-electron chi connectivity index (χ3n) is 6.58. The lowest BCUT2D eigenvalue weighted by Crippen LogP contribution is -2.38. The summed E-state index contributed by atoms with van der Waals surface area (Å²) in [6, 6.07) is 17.4. The molecule has 0 bridgehead atoms. The van der Waals surface area contributed by atoms with Gasteiger partial charge < -0.3 is 4.90 Å². The van der Waals surface area contributed by atoms with Crippen LogP contribution in [0.25, 0.3) is 6.08 Å². The van der Waals surface area contributed by atoms with Crippen LogP contribution >= 0.6 is 11.3 Å². The largest absolute Gasteiger partial charge is 0.416 e. The van der Waals surface area contributed by atoms with Crippen LogP contribution in [0.4, 0.5) is 13.2 Å². The molecular weight excluding hydrogens is 459 g/mol. The van der Waals surface area contributed by atoms with Gasteiger partial charge in [-0.15, -0.1) is 11.3 Å². The highest BCUT2D eigenvalue weighted by Gasteiger charge is 2.64. The number of hydrogen-bond acceptors (Lipinski definition) is 5. The number of thiophene rings is 1. The molecule has 2 aliphatic rings. The molecule has 1 aromatic heterocycles. The topological polar surface area (TPSA) is 67.9 Å². The van der Waals surface area contributed by atoms with E-state index in [2.05, 4.69) is 12.1 Å². The van der Waals surface area contributed by atoms with Gasteiger partial charge in [0.2, 0.25) is 0 Å². The summed E-state index contributed by atoms with van der Waals surface area (Å²) in [5, 5.41) is 22.6. The molecule has 4 nitrogen and oxygen atoms in total. The maximum atomic E-state index is 14.1. The molecule has 0 N–H and O–H groups in total. The van der Waals surface area contributed by atoms with Gasteiger partial charge in [-0.2, -0.15) is 23.7 Å². The molecule has 2 aromatic carbocycles. The molecule has 3 heterocycles. The van der Waals surface area contributed by atoms with Gasteiger partial charge in [0.1, 0.15) is 6.04 Å². The first-order chi connectivity index (χ1) is 16.3. The summed E-state index contributed by atoms with van der Waals surface area (Å²) >= 11 is 1.18. The molecule has 3 aromatic rings. The average molecular weight is 475 g/mol. The molecular formula is C26H16F3N3OS. The van der Waals surface area contributed by atoms with E-state index in [0.717, 1.165) is 11.6 Å². The number of rotatable bonds is 3. The second-order valence-electron chi connectivity index (χ2n) is 8.24. The molecule has 8 heteroatoms. The lowest BCUT2D eigenvalue weighted by atomic mass is 9.67. The Bertz CT molecular complexity index is 1370. The van der Waals surface area contributed by atoms with Crippen LogP contribution in [0.15, 0.2) is 72.2 Å². The van der Waals surface area contributed by atoms with Crippen LogP contribution in [0.3, 0.4) is 0 Å². The Morgan fingerprint density at radius 2 is 1.65 bits per heavy atom. The van der Waals surface area contributed by atoms with Crippen molar-refractivity contribution in [1.82, 2.24) is 4.90 Å². The second-order valence-corrected chi connectivity index (χ2v) is 9.18. The summed E-state index contributed by atoms with van der Waals surface area (Å²) in [5.74, 6) is -1.76. The molecule has 1 saturated heterocycles. The lowest BCUT2D eigenvalue weighted by molar-refractivity contribution is -0.138. The summed E-state index contributed by atoms with van der Waals surface area (Å²) in [6.45, 7) is 0. The van der Waals surface area contributed by atoms with Crippen LogP contribution in [0, 0.1) is 28.1 Å². The molecule has 5 rings (SSSR count). The monoisotopic (exact) mass is 475 g/mol. The van der Waals surface area contributed by atoms with Gasteiger partial charge in [-0.25, -0.2) is 0 Å². The van der Waals surface area contributed by atoms with E-state index < -0.39 is 40.9 Å². The molecule has 1 fully saturated rings. The minimum absolute atomic E-state index is 0.228. The van der Waals surface area contributed by atoms with E-state index in [9.17, 15) is 28.5 Å². The third-order valence-corrected chi connectivity index (χ3v) is 7.46. The predicted molar refractivity (Wildman–Crippen MR) is 120 cm³/mol. The second kappa shape index (κ2) is 7.86. The highest BCUT2D eigenvalue weighted by molar-refractivity contribution is 7.12. The minimum Gasteiger partial charge on any atom is -0.357 e. The van der Waals surface area contributed by atoms with E-state index in [1.807, 2.05) is 6.07 Å². The van der Waals surface area contributed by atoms with E-state index in [-0.39, 0.29) is 5.56 Å². The van der Waals surface area contributed by atoms with E-state index in [1.165, 1.54) is 29.5 Å². The molecule has 0 aliphatic carbocycles. The number of ketones is 1. The van der Waals surface area contributed by atoms with Gasteiger partial charge >= 0.3 is 6.18 Å². The first-order valence-electron chi connectivity index (χ1n) is 10.4. The number of benzene rings is 2. The highest BCUT2D eigenvalue weighted by atomic mass is 32.1. The average Bonchev–Trinajstić information content (AvgIpc) is 3.48. The van der Waals surface area contributed by atoms with Crippen molar-refractivity contribution >= 4 is 23.2 Å². The number of nitrogens with zero attached hydrogens (tertiary/aromatic N) is 3. The van der Waals surface area contributed by atoms with Crippen LogP contribution in [0.1, 0.15) is 43.9 Å². The first kappa shape index (κ1) is 21.9. The summed E-state index contributed by atoms with van der Waals surface area (Å²) < 4.78 is 42.3. The molecule has 2 aliphatic heterocycles. The summed E-state index contributed by atoms with van der Waals surface area (Å²) in [7, 11) is 0. The Balaban J connectivity index is 1.83. The zero-order valence-corrected chi connectivity index (χ0v) is 18.3. The summed E-state index contributed by atoms with van der Waals surface area (Å²) in [4.78, 5) is 15.7. The SMILES string of the molecule is N#CC1(C#N)[C@H](c2ccccc2C(F)(F)F)[C@H](C(=O)c2cccs2)N2C=Cc3ccccc3[C@H]21. The number of hydrogen-bond donors (Lipinski definition) is 0. The maximum absolute atomic E-state index is 14.1. The predicted octanol–water partition coefficient (Wildman–Crippen LogP) is 6.18. The lowest BCUT2D eigenvalue weighted by Gasteiger charge is -2.34. The number of halogens is 3. The number of nitriles is 2. The fourth-order valence-corrected chi connectivity index (χ4v) is 5.93. The Morgan fingerprint density at radius 3 is 2.29 bits per heavy atom. The van der Waals surface area contributed by atoms with Crippen molar-refractivity contribution in [3.63, 3.8) is 0 Å². The minimum atomic E-state index is -4.72. The van der Waals surface area contributed by atoms with Gasteiger partial charge in [-0.05, 0) is 40.3 Å². The van der Waals surface area contributed by atoms with Crippen molar-refractivity contribution in [2.24, 2.45) is 5.41 Å². The van der Waals surface area contributed by atoms with Gasteiger partial charge in [-0.3, -0.25) is 4.79 Å². The number of carbonyl (C=O) groups is 1. The Labute approximate surface area is 197 Å². The Hall–Kier alpha value is -3.88. The quantitative estimate of drug-likeness (QED) is 0.425. The number of Topliss-reactive ketones (excluding diaryl/α,β-unsaturated/α-hetero) is 1. The molecule has 0 radical (unpaired) electrons. The molecule has 0 spiro atoms. The van der Waals surface area contributed by atoms with Gasteiger partial charge in [0.25, 0.3) is 0 Å². The van der Waals surface area contributed by atoms with Crippen LogP contribution in [0.5, 0.6) is 0 Å². The van der Waals surface area contributed by atoms with E-state index >= 15 is 0 Å². The summed E-state index contributed by atoms with van der Waals surface area (Å²) in [6.07, 6.45) is -1.33. The molecule has 3 atom stereocenters. The number of carbonyl (C=O) groups excluding carboxylic acids is 1. The smallest absolute Gasteiger partial charge is 0.357 e. The maximum Gasteiger partial charge on any atom is 0.416 e. The van der Waals surface area contributed by atoms with Crippen LogP contribution in [0.2, 0.25) is 0 Å². The van der Waals surface area contributed by atoms with Crippen molar-refractivity contribution < 1.29 is 18.0 Å². The molecule has 0 amide bonds. The van der Waals surface area contributed by atoms with Crippen molar-refractivity contribution in [2.75, 3.05) is 0 Å². The fourth-order valence-electron chi connectivity index (χ4n) is 5.23. The van der Waals surface area contributed by atoms with Gasteiger partial charge in [-0.1, -0.05) is 48.5 Å². The molecule has 0 unspecified atom stereocenters. The number of alkyl halides is 3. The van der Waals surface area contributed by atoms with Crippen molar-refractivity contribution in [3.05, 3.63) is 99.4 Å².